The van der Waals surface area contributed by atoms with Gasteiger partial charge in [-0.2, -0.15) is 0 Å². The molecule has 2 atom stereocenters. The van der Waals surface area contributed by atoms with E-state index in [0.717, 1.165) is 6.42 Å². The fraction of sp³-hybridized carbons (Fsp3) is 0.667. The number of hydrogen-bond donors (Lipinski definition) is 2. The number of amides is 1. The van der Waals surface area contributed by atoms with E-state index in [-0.39, 0.29) is 18.0 Å². The molecule has 0 rings (SSSR count). The van der Waals surface area contributed by atoms with Crippen LogP contribution in [0.3, 0.4) is 0 Å². The van der Waals surface area contributed by atoms with Crippen molar-refractivity contribution in [1.82, 2.24) is 5.32 Å². The van der Waals surface area contributed by atoms with Crippen LogP contribution in [-0.2, 0) is 4.79 Å². The summed E-state index contributed by atoms with van der Waals surface area (Å²) in [6.07, 6.45) is 3.23. The Labute approximate surface area is 74.0 Å². The van der Waals surface area contributed by atoms with Crippen molar-refractivity contribution in [3.8, 4) is 0 Å². The number of carbonyl (C=O) groups excluding carboxylic acids is 1. The van der Waals surface area contributed by atoms with Gasteiger partial charge in [0.05, 0.1) is 6.04 Å². The molecule has 1 amide bonds. The number of nitrogens with two attached hydrogens (primary N) is 1. The van der Waals surface area contributed by atoms with Crippen LogP contribution in [-0.4, -0.2) is 18.0 Å². The van der Waals surface area contributed by atoms with E-state index in [1.165, 1.54) is 0 Å². The maximum absolute atomic E-state index is 11.2. The van der Waals surface area contributed by atoms with Gasteiger partial charge in [-0.05, 0) is 19.8 Å². The molecule has 0 saturated carbocycles. The Morgan fingerprint density at radius 1 is 1.75 bits per heavy atom. The third kappa shape index (κ3) is 4.13. The zero-order valence-electron chi connectivity index (χ0n) is 7.84. The van der Waals surface area contributed by atoms with Crippen molar-refractivity contribution in [3.63, 3.8) is 0 Å². The van der Waals surface area contributed by atoms with Gasteiger partial charge in [-0.3, -0.25) is 4.79 Å². The highest BCUT2D eigenvalue weighted by atomic mass is 16.2. The molecule has 0 saturated heterocycles. The molecular formula is C9H18N2O. The molecule has 0 radical (unpaired) electrons. The van der Waals surface area contributed by atoms with Gasteiger partial charge in [0.2, 0.25) is 5.91 Å². The maximum atomic E-state index is 11.2. The van der Waals surface area contributed by atoms with E-state index in [4.69, 9.17) is 5.73 Å². The minimum Gasteiger partial charge on any atom is -0.352 e. The highest BCUT2D eigenvalue weighted by Gasteiger charge is 2.12. The highest BCUT2D eigenvalue weighted by Crippen LogP contribution is 1.93. The van der Waals surface area contributed by atoms with Crippen molar-refractivity contribution in [2.45, 2.75) is 38.8 Å². The third-order valence-corrected chi connectivity index (χ3v) is 1.69. The minimum absolute atomic E-state index is 0.0770. The predicted molar refractivity (Wildman–Crippen MR) is 50.7 cm³/mol. The Morgan fingerprint density at radius 3 is 2.75 bits per heavy atom. The van der Waals surface area contributed by atoms with Crippen molar-refractivity contribution in [3.05, 3.63) is 12.7 Å². The van der Waals surface area contributed by atoms with Crippen LogP contribution in [0.25, 0.3) is 0 Å². The van der Waals surface area contributed by atoms with E-state index >= 15 is 0 Å². The zero-order chi connectivity index (χ0) is 9.56. The van der Waals surface area contributed by atoms with Gasteiger partial charge >= 0.3 is 0 Å². The van der Waals surface area contributed by atoms with Crippen molar-refractivity contribution in [2.75, 3.05) is 0 Å². The van der Waals surface area contributed by atoms with Gasteiger partial charge in [-0.25, -0.2) is 0 Å². The molecule has 3 N–H and O–H groups in total. The number of rotatable bonds is 5. The normalized spacial score (nSPS) is 14.9. The SMILES string of the molecule is C=CCC(C)NC(=O)C(N)CC. The first-order chi connectivity index (χ1) is 5.61. The Balaban J connectivity index is 3.75. The van der Waals surface area contributed by atoms with Crippen LogP contribution >= 0.6 is 0 Å². The van der Waals surface area contributed by atoms with Crippen molar-refractivity contribution in [1.29, 1.82) is 0 Å². The molecule has 0 aliphatic carbocycles. The first kappa shape index (κ1) is 11.2. The quantitative estimate of drug-likeness (QED) is 0.600. The molecule has 12 heavy (non-hydrogen) atoms. The van der Waals surface area contributed by atoms with Crippen molar-refractivity contribution in [2.24, 2.45) is 5.73 Å². The van der Waals surface area contributed by atoms with Crippen LogP contribution in [0, 0.1) is 0 Å². The Kier molecular flexibility index (Phi) is 5.37. The molecule has 2 unspecified atom stereocenters. The summed E-state index contributed by atoms with van der Waals surface area (Å²) in [5, 5.41) is 2.80. The molecule has 0 aliphatic heterocycles. The van der Waals surface area contributed by atoms with Crippen LogP contribution in [0.5, 0.6) is 0 Å². The van der Waals surface area contributed by atoms with Gasteiger partial charge in [0.25, 0.3) is 0 Å². The van der Waals surface area contributed by atoms with Gasteiger partial charge in [0.15, 0.2) is 0 Å². The summed E-state index contributed by atoms with van der Waals surface area (Å²) in [7, 11) is 0. The van der Waals surface area contributed by atoms with Crippen LogP contribution < -0.4 is 11.1 Å². The second-order valence-electron chi connectivity index (χ2n) is 2.95. The molecule has 0 heterocycles. The predicted octanol–water partition coefficient (Wildman–Crippen LogP) is 0.804. The largest absolute Gasteiger partial charge is 0.352 e. The summed E-state index contributed by atoms with van der Waals surface area (Å²) in [4.78, 5) is 11.2. The van der Waals surface area contributed by atoms with E-state index in [1.807, 2.05) is 13.8 Å². The average molecular weight is 170 g/mol. The van der Waals surface area contributed by atoms with Gasteiger partial charge in [-0.1, -0.05) is 13.0 Å². The lowest BCUT2D eigenvalue weighted by Gasteiger charge is -2.14. The highest BCUT2D eigenvalue weighted by molar-refractivity contribution is 5.81. The molecule has 0 fully saturated rings. The molecule has 0 aromatic rings. The van der Waals surface area contributed by atoms with E-state index in [0.29, 0.717) is 6.42 Å². The minimum atomic E-state index is -0.378. The molecule has 0 bridgehead atoms. The monoisotopic (exact) mass is 170 g/mol. The fourth-order valence-electron chi connectivity index (χ4n) is 0.844. The zero-order valence-corrected chi connectivity index (χ0v) is 7.84. The Bertz CT molecular complexity index is 157. The molecular weight excluding hydrogens is 152 g/mol. The van der Waals surface area contributed by atoms with Gasteiger partial charge in [-0.15, -0.1) is 6.58 Å². The first-order valence-corrected chi connectivity index (χ1v) is 4.28. The van der Waals surface area contributed by atoms with Crippen LogP contribution in [0.2, 0.25) is 0 Å². The van der Waals surface area contributed by atoms with E-state index in [1.54, 1.807) is 6.08 Å². The molecule has 0 aromatic heterocycles. The van der Waals surface area contributed by atoms with E-state index in [9.17, 15) is 4.79 Å². The summed E-state index contributed by atoms with van der Waals surface area (Å²) < 4.78 is 0. The lowest BCUT2D eigenvalue weighted by atomic mass is 10.2. The molecule has 70 valence electrons. The Morgan fingerprint density at radius 2 is 2.33 bits per heavy atom. The molecule has 3 heteroatoms. The summed E-state index contributed by atoms with van der Waals surface area (Å²) in [5.41, 5.74) is 5.52. The fourth-order valence-corrected chi connectivity index (χ4v) is 0.844. The molecule has 0 spiro atoms. The van der Waals surface area contributed by atoms with E-state index < -0.39 is 0 Å². The molecule has 0 aromatic carbocycles. The topological polar surface area (TPSA) is 55.1 Å². The second-order valence-corrected chi connectivity index (χ2v) is 2.95. The van der Waals surface area contributed by atoms with Crippen molar-refractivity contribution >= 4 is 5.91 Å². The first-order valence-electron chi connectivity index (χ1n) is 4.28. The summed E-state index contributed by atoms with van der Waals surface area (Å²) in [5.74, 6) is -0.0770. The smallest absolute Gasteiger partial charge is 0.237 e. The van der Waals surface area contributed by atoms with Gasteiger partial charge in [0, 0.05) is 6.04 Å². The number of carbonyl (C=O) groups is 1. The van der Waals surface area contributed by atoms with Gasteiger partial charge in [0.1, 0.15) is 0 Å². The number of nitrogens with one attached hydrogen (secondary N) is 1. The second kappa shape index (κ2) is 5.77. The standard InChI is InChI=1S/C9H18N2O/c1-4-6-7(3)11-9(12)8(10)5-2/h4,7-8H,1,5-6,10H2,2-3H3,(H,11,12). The average Bonchev–Trinajstić information content (AvgIpc) is 2.03. The lowest BCUT2D eigenvalue weighted by molar-refractivity contribution is -0.122. The van der Waals surface area contributed by atoms with Crippen LogP contribution in [0.4, 0.5) is 0 Å². The third-order valence-electron chi connectivity index (χ3n) is 1.69. The summed E-state index contributed by atoms with van der Waals surface area (Å²) in [6.45, 7) is 7.41. The number of hydrogen-bond acceptors (Lipinski definition) is 2. The van der Waals surface area contributed by atoms with Gasteiger partial charge < -0.3 is 11.1 Å². The summed E-state index contributed by atoms with van der Waals surface area (Å²) in [6, 6.07) is -0.245. The van der Waals surface area contributed by atoms with Crippen LogP contribution in [0.15, 0.2) is 12.7 Å². The van der Waals surface area contributed by atoms with E-state index in [2.05, 4.69) is 11.9 Å². The Hall–Kier alpha value is -0.830. The summed E-state index contributed by atoms with van der Waals surface area (Å²) >= 11 is 0. The molecule has 0 aliphatic rings. The maximum Gasteiger partial charge on any atom is 0.237 e. The molecule has 3 nitrogen and oxygen atoms in total. The van der Waals surface area contributed by atoms with Crippen molar-refractivity contribution < 1.29 is 4.79 Å². The van der Waals surface area contributed by atoms with Crippen LogP contribution in [0.1, 0.15) is 26.7 Å². The lowest BCUT2D eigenvalue weighted by Crippen LogP contribution is -2.43.